The number of carboxylic acid groups (broad SMARTS) is 1. The molecule has 0 aliphatic rings. The van der Waals surface area contributed by atoms with E-state index in [1.54, 1.807) is 6.07 Å². The Kier molecular flexibility index (Phi) is 4.66. The van der Waals surface area contributed by atoms with Crippen LogP contribution >= 0.6 is 0 Å². The number of aromatic amines is 1. The molecule has 2 aromatic heterocycles. The van der Waals surface area contributed by atoms with Gasteiger partial charge in [-0.2, -0.15) is 26.3 Å². The molecule has 0 aliphatic heterocycles. The van der Waals surface area contributed by atoms with Gasteiger partial charge in [0.25, 0.3) is 0 Å². The lowest BCUT2D eigenvalue weighted by Crippen LogP contribution is -2.14. The minimum Gasteiger partial charge on any atom is -0.478 e. The van der Waals surface area contributed by atoms with Gasteiger partial charge in [0.1, 0.15) is 5.65 Å². The second-order valence-corrected chi connectivity index (χ2v) is 5.76. The smallest absolute Gasteiger partial charge is 0.417 e. The second-order valence-electron chi connectivity index (χ2n) is 5.76. The molecule has 3 aromatic rings. The molecule has 2 N–H and O–H groups in total. The van der Waals surface area contributed by atoms with Crippen LogP contribution in [0.25, 0.3) is 22.7 Å². The molecule has 0 unspecified atom stereocenters. The van der Waals surface area contributed by atoms with Crippen molar-refractivity contribution in [3.8, 4) is 0 Å². The summed E-state index contributed by atoms with van der Waals surface area (Å²) < 4.78 is 78.9. The van der Waals surface area contributed by atoms with Gasteiger partial charge in [0, 0.05) is 28.9 Å². The number of carboxylic acids is 1. The Labute approximate surface area is 153 Å². The lowest BCUT2D eigenvalue weighted by Gasteiger charge is -2.16. The number of fused-ring (bicyclic) bond motifs is 1. The molecule has 0 radical (unpaired) electrons. The largest absolute Gasteiger partial charge is 0.478 e. The predicted molar refractivity (Wildman–Crippen MR) is 88.0 cm³/mol. The van der Waals surface area contributed by atoms with E-state index in [9.17, 15) is 36.2 Å². The molecule has 0 aliphatic carbocycles. The number of hydrogen-bond acceptors (Lipinski definition) is 2. The van der Waals surface area contributed by atoms with Crippen molar-refractivity contribution in [3.05, 3.63) is 65.0 Å². The number of nitrogens with zero attached hydrogens (tertiary/aromatic N) is 1. The summed E-state index contributed by atoms with van der Waals surface area (Å²) in [6, 6.07) is 3.75. The Morgan fingerprint density at radius 1 is 1.07 bits per heavy atom. The van der Waals surface area contributed by atoms with Gasteiger partial charge in [0.05, 0.1) is 16.7 Å². The molecular formula is C18H10F6N2O2. The van der Waals surface area contributed by atoms with Gasteiger partial charge in [-0.1, -0.05) is 0 Å². The molecule has 0 spiro atoms. The first-order valence-electron chi connectivity index (χ1n) is 7.64. The van der Waals surface area contributed by atoms with Crippen molar-refractivity contribution < 1.29 is 36.2 Å². The molecule has 2 heterocycles. The zero-order valence-corrected chi connectivity index (χ0v) is 13.7. The maximum Gasteiger partial charge on any atom is 0.417 e. The van der Waals surface area contributed by atoms with Crippen molar-refractivity contribution >= 4 is 28.7 Å². The zero-order valence-electron chi connectivity index (χ0n) is 13.7. The predicted octanol–water partition coefficient (Wildman–Crippen LogP) is 5.23. The quantitative estimate of drug-likeness (QED) is 0.468. The second kappa shape index (κ2) is 6.70. The highest BCUT2D eigenvalue weighted by molar-refractivity contribution is 6.22. The number of carbonyl (C=O) groups is 1. The highest BCUT2D eigenvalue weighted by atomic mass is 19.4. The van der Waals surface area contributed by atoms with E-state index in [0.717, 1.165) is 6.08 Å². The molecule has 0 amide bonds. The molecule has 1 aromatic carbocycles. The SMILES string of the molecule is O=C(O)/C(=C\c1c[nH]c2ncccc12)c1cc(C(F)(F)F)ccc1C(F)(F)F. The minimum atomic E-state index is -5.05. The molecule has 146 valence electrons. The number of aliphatic carboxylic acids is 1. The van der Waals surface area contributed by atoms with Crippen LogP contribution < -0.4 is 0 Å². The van der Waals surface area contributed by atoms with Gasteiger partial charge in [0.15, 0.2) is 0 Å². The first-order chi connectivity index (χ1) is 13.0. The van der Waals surface area contributed by atoms with Gasteiger partial charge in [-0.3, -0.25) is 0 Å². The van der Waals surface area contributed by atoms with Crippen molar-refractivity contribution in [2.75, 3.05) is 0 Å². The van der Waals surface area contributed by atoms with Crippen LogP contribution in [0.2, 0.25) is 0 Å². The van der Waals surface area contributed by atoms with E-state index < -0.39 is 40.6 Å². The van der Waals surface area contributed by atoms with E-state index >= 15 is 0 Å². The molecule has 0 atom stereocenters. The fourth-order valence-corrected chi connectivity index (χ4v) is 2.70. The third-order valence-corrected chi connectivity index (χ3v) is 3.96. The average molecular weight is 400 g/mol. The first-order valence-corrected chi connectivity index (χ1v) is 7.64. The number of H-pyrrole nitrogens is 1. The number of nitrogens with one attached hydrogen (secondary N) is 1. The van der Waals surface area contributed by atoms with Crippen LogP contribution in [-0.4, -0.2) is 21.0 Å². The Balaban J connectivity index is 2.28. The van der Waals surface area contributed by atoms with E-state index in [1.165, 1.54) is 18.5 Å². The summed E-state index contributed by atoms with van der Waals surface area (Å²) in [5, 5.41) is 9.84. The van der Waals surface area contributed by atoms with Gasteiger partial charge in [0.2, 0.25) is 0 Å². The van der Waals surface area contributed by atoms with E-state index in [1.807, 2.05) is 0 Å². The lowest BCUT2D eigenvalue weighted by molar-refractivity contribution is -0.141. The van der Waals surface area contributed by atoms with E-state index in [4.69, 9.17) is 0 Å². The van der Waals surface area contributed by atoms with Crippen LogP contribution in [0, 0.1) is 0 Å². The van der Waals surface area contributed by atoms with Gasteiger partial charge >= 0.3 is 18.3 Å². The summed E-state index contributed by atoms with van der Waals surface area (Å²) in [6.45, 7) is 0. The van der Waals surface area contributed by atoms with Crippen molar-refractivity contribution in [2.24, 2.45) is 0 Å². The normalized spacial score (nSPS) is 13.1. The molecule has 3 rings (SSSR count). The Hall–Kier alpha value is -3.30. The first kappa shape index (κ1) is 19.5. The van der Waals surface area contributed by atoms with Crippen LogP contribution in [0.3, 0.4) is 0 Å². The standard InChI is InChI=1S/C18H10F6N2O2/c19-17(20,21)10-3-4-14(18(22,23)24)12(7-10)13(16(27)28)6-9-8-26-15-11(9)2-1-5-25-15/h1-8H,(H,25,26)(H,27,28)/b13-6-. The third kappa shape index (κ3) is 3.71. The molecule has 0 saturated heterocycles. The Morgan fingerprint density at radius 3 is 2.39 bits per heavy atom. The molecular weight excluding hydrogens is 390 g/mol. The summed E-state index contributed by atoms with van der Waals surface area (Å²) in [5.74, 6) is -1.80. The molecule has 0 fully saturated rings. The topological polar surface area (TPSA) is 66.0 Å². The number of pyridine rings is 1. The summed E-state index contributed by atoms with van der Waals surface area (Å²) in [6.07, 6.45) is -6.35. The third-order valence-electron chi connectivity index (χ3n) is 3.96. The summed E-state index contributed by atoms with van der Waals surface area (Å²) in [5.41, 5.74) is -4.35. The molecule has 0 bridgehead atoms. The maximum atomic E-state index is 13.3. The van der Waals surface area contributed by atoms with Gasteiger partial charge in [-0.15, -0.1) is 0 Å². The molecule has 0 saturated carbocycles. The zero-order chi connectivity index (χ0) is 20.7. The number of rotatable bonds is 3. The van der Waals surface area contributed by atoms with Gasteiger partial charge < -0.3 is 10.1 Å². The average Bonchev–Trinajstić information content (AvgIpc) is 3.00. The van der Waals surface area contributed by atoms with Crippen LogP contribution in [0.15, 0.2) is 42.7 Å². The fraction of sp³-hybridized carbons (Fsp3) is 0.111. The maximum absolute atomic E-state index is 13.3. The lowest BCUT2D eigenvalue weighted by atomic mass is 9.95. The number of alkyl halides is 6. The highest BCUT2D eigenvalue weighted by Crippen LogP contribution is 2.39. The van der Waals surface area contributed by atoms with Crippen LogP contribution in [0.4, 0.5) is 26.3 Å². The molecule has 10 heteroatoms. The number of aromatic nitrogens is 2. The number of hydrogen-bond donors (Lipinski definition) is 2. The Morgan fingerprint density at radius 2 is 1.79 bits per heavy atom. The van der Waals surface area contributed by atoms with Crippen molar-refractivity contribution in [1.82, 2.24) is 9.97 Å². The van der Waals surface area contributed by atoms with Crippen LogP contribution in [0.1, 0.15) is 22.3 Å². The summed E-state index contributed by atoms with van der Waals surface area (Å²) >= 11 is 0. The highest BCUT2D eigenvalue weighted by Gasteiger charge is 2.38. The minimum absolute atomic E-state index is 0.172. The van der Waals surface area contributed by atoms with Crippen LogP contribution in [-0.2, 0) is 17.1 Å². The van der Waals surface area contributed by atoms with Crippen molar-refractivity contribution in [3.63, 3.8) is 0 Å². The monoisotopic (exact) mass is 400 g/mol. The molecule has 28 heavy (non-hydrogen) atoms. The number of benzene rings is 1. The summed E-state index contributed by atoms with van der Waals surface area (Å²) in [4.78, 5) is 18.3. The Bertz CT molecular complexity index is 1080. The number of halogens is 6. The van der Waals surface area contributed by atoms with Gasteiger partial charge in [-0.25, -0.2) is 9.78 Å². The van der Waals surface area contributed by atoms with Crippen molar-refractivity contribution in [1.29, 1.82) is 0 Å². The van der Waals surface area contributed by atoms with Gasteiger partial charge in [-0.05, 0) is 36.4 Å². The summed E-state index contributed by atoms with van der Waals surface area (Å²) in [7, 11) is 0. The fourth-order valence-electron chi connectivity index (χ4n) is 2.70. The van der Waals surface area contributed by atoms with Crippen molar-refractivity contribution in [2.45, 2.75) is 12.4 Å². The molecule has 4 nitrogen and oxygen atoms in total. The van der Waals surface area contributed by atoms with E-state index in [0.29, 0.717) is 11.0 Å². The van der Waals surface area contributed by atoms with E-state index in [2.05, 4.69) is 9.97 Å². The van der Waals surface area contributed by atoms with E-state index in [-0.39, 0.29) is 23.8 Å². The van der Waals surface area contributed by atoms with Crippen LogP contribution in [0.5, 0.6) is 0 Å².